The molecular weight excluding hydrogens is 222 g/mol. The van der Waals surface area contributed by atoms with Crippen molar-refractivity contribution >= 4 is 17.2 Å². The largest absolute Gasteiger partial charge is 0.393 e. The molecule has 0 aliphatic carbocycles. The molecule has 0 aliphatic rings. The molecule has 16 heavy (non-hydrogen) atoms. The van der Waals surface area contributed by atoms with E-state index < -0.39 is 6.10 Å². The molecule has 0 spiro atoms. The van der Waals surface area contributed by atoms with E-state index in [0.717, 1.165) is 6.42 Å². The van der Waals surface area contributed by atoms with E-state index in [1.54, 1.807) is 18.3 Å². The van der Waals surface area contributed by atoms with E-state index in [2.05, 4.69) is 12.2 Å². The fourth-order valence-electron chi connectivity index (χ4n) is 1.47. The van der Waals surface area contributed by atoms with Crippen molar-refractivity contribution in [2.75, 3.05) is 0 Å². The predicted octanol–water partition coefficient (Wildman–Crippen LogP) is 2.48. The molecule has 0 saturated heterocycles. The van der Waals surface area contributed by atoms with Crippen LogP contribution in [-0.4, -0.2) is 17.1 Å². The van der Waals surface area contributed by atoms with Gasteiger partial charge in [0.05, 0.1) is 12.1 Å². The van der Waals surface area contributed by atoms with Crippen LogP contribution in [0.25, 0.3) is 0 Å². The van der Waals surface area contributed by atoms with Crippen molar-refractivity contribution in [3.05, 3.63) is 22.4 Å². The predicted molar refractivity (Wildman–Crippen MR) is 66.4 cm³/mol. The molecule has 0 saturated carbocycles. The molecule has 1 aromatic rings. The fourth-order valence-corrected chi connectivity index (χ4v) is 2.33. The van der Waals surface area contributed by atoms with Crippen LogP contribution >= 0.6 is 11.3 Å². The zero-order chi connectivity index (χ0) is 12.0. The van der Waals surface area contributed by atoms with E-state index >= 15 is 0 Å². The summed E-state index contributed by atoms with van der Waals surface area (Å²) in [5.41, 5.74) is 0. The molecule has 90 valence electrons. The molecule has 1 amide bonds. The van der Waals surface area contributed by atoms with Gasteiger partial charge in [-0.05, 0) is 31.2 Å². The van der Waals surface area contributed by atoms with Crippen molar-refractivity contribution in [1.29, 1.82) is 0 Å². The standard InChI is InChI=1S/C12H19NO2S/c1-3-10(11-5-4-8-16-11)13-12(15)7-6-9(2)14/h4-5,8-10,14H,3,6-7H2,1-2H3,(H,13,15). The number of amides is 1. The third-order valence-electron chi connectivity index (χ3n) is 2.42. The first kappa shape index (κ1) is 13.2. The topological polar surface area (TPSA) is 49.3 Å². The van der Waals surface area contributed by atoms with Gasteiger partial charge in [-0.2, -0.15) is 0 Å². The molecule has 1 heterocycles. The molecule has 0 fully saturated rings. The minimum Gasteiger partial charge on any atom is -0.393 e. The van der Waals surface area contributed by atoms with Gasteiger partial charge >= 0.3 is 0 Å². The number of carbonyl (C=O) groups is 1. The van der Waals surface area contributed by atoms with Crippen molar-refractivity contribution in [2.24, 2.45) is 0 Å². The minimum absolute atomic E-state index is 0.0150. The first-order chi connectivity index (χ1) is 7.63. The number of aliphatic hydroxyl groups excluding tert-OH is 1. The Kier molecular flexibility index (Phi) is 5.49. The lowest BCUT2D eigenvalue weighted by molar-refractivity contribution is -0.122. The highest BCUT2D eigenvalue weighted by molar-refractivity contribution is 7.10. The van der Waals surface area contributed by atoms with Gasteiger partial charge in [-0.3, -0.25) is 4.79 Å². The maximum absolute atomic E-state index is 11.6. The number of rotatable bonds is 6. The molecule has 4 heteroatoms. The first-order valence-corrected chi connectivity index (χ1v) is 6.52. The van der Waals surface area contributed by atoms with Crippen LogP contribution in [-0.2, 0) is 4.79 Å². The average molecular weight is 241 g/mol. The van der Waals surface area contributed by atoms with Crippen molar-refractivity contribution < 1.29 is 9.90 Å². The quantitative estimate of drug-likeness (QED) is 0.804. The number of nitrogens with one attached hydrogen (secondary N) is 1. The molecule has 1 rings (SSSR count). The highest BCUT2D eigenvalue weighted by Gasteiger charge is 2.13. The summed E-state index contributed by atoms with van der Waals surface area (Å²) < 4.78 is 0. The Labute approximate surface area is 100 Å². The Morgan fingerprint density at radius 2 is 2.38 bits per heavy atom. The van der Waals surface area contributed by atoms with E-state index in [4.69, 9.17) is 5.11 Å². The first-order valence-electron chi connectivity index (χ1n) is 5.64. The lowest BCUT2D eigenvalue weighted by atomic mass is 10.1. The van der Waals surface area contributed by atoms with Crippen LogP contribution < -0.4 is 5.32 Å². The molecule has 0 bridgehead atoms. The molecule has 2 N–H and O–H groups in total. The summed E-state index contributed by atoms with van der Waals surface area (Å²) in [5, 5.41) is 14.1. The molecule has 0 aromatic carbocycles. The number of hydrogen-bond acceptors (Lipinski definition) is 3. The summed E-state index contributed by atoms with van der Waals surface area (Å²) in [4.78, 5) is 12.8. The number of carbonyl (C=O) groups excluding carboxylic acids is 1. The van der Waals surface area contributed by atoms with Gasteiger partial charge in [0.1, 0.15) is 0 Å². The zero-order valence-corrected chi connectivity index (χ0v) is 10.6. The van der Waals surface area contributed by atoms with Crippen molar-refractivity contribution in [2.45, 2.75) is 45.3 Å². The van der Waals surface area contributed by atoms with Crippen molar-refractivity contribution in [3.63, 3.8) is 0 Å². The second kappa shape index (κ2) is 6.66. The molecule has 0 radical (unpaired) electrons. The van der Waals surface area contributed by atoms with Gasteiger partial charge in [0.25, 0.3) is 0 Å². The second-order valence-electron chi connectivity index (χ2n) is 3.93. The summed E-state index contributed by atoms with van der Waals surface area (Å²) in [6.45, 7) is 3.75. The van der Waals surface area contributed by atoms with Crippen LogP contribution in [0.4, 0.5) is 0 Å². The smallest absolute Gasteiger partial charge is 0.220 e. The Morgan fingerprint density at radius 3 is 2.88 bits per heavy atom. The maximum atomic E-state index is 11.6. The van der Waals surface area contributed by atoms with E-state index in [9.17, 15) is 4.79 Å². The van der Waals surface area contributed by atoms with Gasteiger partial charge in [0, 0.05) is 11.3 Å². The molecule has 1 aromatic heterocycles. The average Bonchev–Trinajstić information content (AvgIpc) is 2.76. The maximum Gasteiger partial charge on any atom is 0.220 e. The van der Waals surface area contributed by atoms with Gasteiger partial charge < -0.3 is 10.4 Å². The molecule has 2 unspecified atom stereocenters. The summed E-state index contributed by atoms with van der Waals surface area (Å²) in [6.07, 6.45) is 1.39. The monoisotopic (exact) mass is 241 g/mol. The van der Waals surface area contributed by atoms with Crippen molar-refractivity contribution in [1.82, 2.24) is 5.32 Å². The van der Waals surface area contributed by atoms with Crippen LogP contribution in [0.5, 0.6) is 0 Å². The molecule has 3 nitrogen and oxygen atoms in total. The summed E-state index contributed by atoms with van der Waals surface area (Å²) in [7, 11) is 0. The lowest BCUT2D eigenvalue weighted by Gasteiger charge is -2.15. The summed E-state index contributed by atoms with van der Waals surface area (Å²) in [6, 6.07) is 4.14. The second-order valence-corrected chi connectivity index (χ2v) is 4.91. The van der Waals surface area contributed by atoms with Gasteiger partial charge in [-0.15, -0.1) is 11.3 Å². The number of aliphatic hydroxyl groups is 1. The SMILES string of the molecule is CCC(NC(=O)CCC(C)O)c1cccs1. The fraction of sp³-hybridized carbons (Fsp3) is 0.583. The number of thiophene rings is 1. The Morgan fingerprint density at radius 1 is 1.62 bits per heavy atom. The molecule has 0 aliphatic heterocycles. The van der Waals surface area contributed by atoms with Crippen LogP contribution in [0.3, 0.4) is 0 Å². The van der Waals surface area contributed by atoms with E-state index in [1.165, 1.54) is 4.88 Å². The summed E-state index contributed by atoms with van der Waals surface area (Å²) >= 11 is 1.66. The number of hydrogen-bond donors (Lipinski definition) is 2. The highest BCUT2D eigenvalue weighted by Crippen LogP contribution is 2.21. The van der Waals surface area contributed by atoms with Gasteiger partial charge in [0.15, 0.2) is 0 Å². The summed E-state index contributed by atoms with van der Waals surface area (Å²) in [5.74, 6) is 0.0150. The van der Waals surface area contributed by atoms with Gasteiger partial charge in [-0.1, -0.05) is 13.0 Å². The van der Waals surface area contributed by atoms with E-state index in [1.807, 2.05) is 17.5 Å². The molecular formula is C12H19NO2S. The van der Waals surface area contributed by atoms with Crippen LogP contribution in [0, 0.1) is 0 Å². The molecule has 2 atom stereocenters. The zero-order valence-electron chi connectivity index (χ0n) is 9.77. The lowest BCUT2D eigenvalue weighted by Crippen LogP contribution is -2.28. The Hall–Kier alpha value is -0.870. The van der Waals surface area contributed by atoms with Gasteiger partial charge in [-0.25, -0.2) is 0 Å². The normalized spacial score (nSPS) is 14.4. The van der Waals surface area contributed by atoms with Crippen LogP contribution in [0.15, 0.2) is 17.5 Å². The third kappa shape index (κ3) is 4.33. The Bertz CT molecular complexity index is 309. The van der Waals surface area contributed by atoms with Crippen LogP contribution in [0.2, 0.25) is 0 Å². The van der Waals surface area contributed by atoms with Crippen molar-refractivity contribution in [3.8, 4) is 0 Å². The minimum atomic E-state index is -0.410. The Balaban J connectivity index is 2.42. The van der Waals surface area contributed by atoms with E-state index in [-0.39, 0.29) is 11.9 Å². The highest BCUT2D eigenvalue weighted by atomic mass is 32.1. The van der Waals surface area contributed by atoms with Crippen LogP contribution in [0.1, 0.15) is 44.0 Å². The third-order valence-corrected chi connectivity index (χ3v) is 3.41. The van der Waals surface area contributed by atoms with E-state index in [0.29, 0.717) is 12.8 Å². The van der Waals surface area contributed by atoms with Gasteiger partial charge in [0.2, 0.25) is 5.91 Å².